The SMILES string of the molecule is CC(=O)[C@@H]1[C@H](SS[C@H]2C[C@@H]3[C@@H]4CC=C5C[C@H](O)CC[C@@]5(C)[C@@H]4CC[C@@]3(C)[C@@H]2C(C)=O)C[C@@H]2[C@@H]3CC=C4C[C@@H](O)CC[C@]4(C)[C@H]3CC[C@@]21C. The predicted octanol–water partition coefficient (Wildman–Crippen LogP) is 9.38. The number of carbonyl (C=O) groups is 2. The molecule has 8 rings (SSSR count). The molecular weight excluding hydrogens is 633 g/mol. The number of allylic oxidation sites excluding steroid dienone is 2. The minimum Gasteiger partial charge on any atom is -0.393 e. The van der Waals surface area contributed by atoms with Gasteiger partial charge in [-0.1, -0.05) is 72.6 Å². The van der Waals surface area contributed by atoms with E-state index >= 15 is 0 Å². The number of aliphatic hydroxyl groups excluding tert-OH is 2. The van der Waals surface area contributed by atoms with Gasteiger partial charge in [-0.2, -0.15) is 0 Å². The zero-order valence-electron chi connectivity index (χ0n) is 30.5. The summed E-state index contributed by atoms with van der Waals surface area (Å²) >= 11 is 0. The van der Waals surface area contributed by atoms with Gasteiger partial charge >= 0.3 is 0 Å². The van der Waals surface area contributed by atoms with Gasteiger partial charge in [0.2, 0.25) is 0 Å². The van der Waals surface area contributed by atoms with E-state index in [-0.39, 0.29) is 45.7 Å². The lowest BCUT2D eigenvalue weighted by Gasteiger charge is -2.57. The van der Waals surface area contributed by atoms with Crippen molar-refractivity contribution in [3.05, 3.63) is 23.3 Å². The molecule has 8 aliphatic carbocycles. The second-order valence-electron chi connectivity index (χ2n) is 19.3. The van der Waals surface area contributed by atoms with Crippen molar-refractivity contribution in [3.8, 4) is 0 Å². The molecule has 0 heterocycles. The molecule has 0 radical (unpaired) electrons. The number of carbonyl (C=O) groups excluding carboxylic acids is 2. The van der Waals surface area contributed by atoms with Crippen molar-refractivity contribution in [1.82, 2.24) is 0 Å². The Morgan fingerprint density at radius 2 is 1.02 bits per heavy atom. The third-order valence-electron chi connectivity index (χ3n) is 17.3. The van der Waals surface area contributed by atoms with E-state index in [9.17, 15) is 19.8 Å². The van der Waals surface area contributed by atoms with Crippen molar-refractivity contribution in [2.24, 2.45) is 69.0 Å². The Labute approximate surface area is 298 Å². The molecule has 0 aromatic carbocycles. The fourth-order valence-corrected chi connectivity index (χ4v) is 19.1. The molecule has 2 N–H and O–H groups in total. The van der Waals surface area contributed by atoms with E-state index in [2.05, 4.69) is 39.8 Å². The van der Waals surface area contributed by atoms with Gasteiger partial charge in [-0.25, -0.2) is 0 Å². The molecule has 0 aromatic rings. The van der Waals surface area contributed by atoms with Gasteiger partial charge in [0.15, 0.2) is 0 Å². The molecule has 0 aromatic heterocycles. The molecule has 6 fully saturated rings. The Kier molecular flexibility index (Phi) is 8.62. The van der Waals surface area contributed by atoms with E-state index in [1.54, 1.807) is 0 Å². The highest BCUT2D eigenvalue weighted by atomic mass is 33.1. The summed E-state index contributed by atoms with van der Waals surface area (Å²) in [5.41, 5.74) is 3.56. The van der Waals surface area contributed by atoms with Crippen LogP contribution in [0, 0.1) is 69.0 Å². The molecule has 0 saturated heterocycles. The van der Waals surface area contributed by atoms with Crippen molar-refractivity contribution < 1.29 is 19.8 Å². The van der Waals surface area contributed by atoms with E-state index in [4.69, 9.17) is 0 Å². The van der Waals surface area contributed by atoms with Gasteiger partial charge in [0.05, 0.1) is 12.2 Å². The first-order chi connectivity index (χ1) is 22.7. The van der Waals surface area contributed by atoms with Gasteiger partial charge < -0.3 is 10.2 Å². The topological polar surface area (TPSA) is 74.6 Å². The number of rotatable bonds is 5. The number of aliphatic hydroxyl groups is 2. The zero-order valence-corrected chi connectivity index (χ0v) is 32.1. The monoisotopic (exact) mass is 694 g/mol. The van der Waals surface area contributed by atoms with Crippen LogP contribution in [-0.2, 0) is 9.59 Å². The molecule has 48 heavy (non-hydrogen) atoms. The van der Waals surface area contributed by atoms with Crippen LogP contribution in [0.4, 0.5) is 0 Å². The summed E-state index contributed by atoms with van der Waals surface area (Å²) in [5.74, 6) is 4.67. The van der Waals surface area contributed by atoms with Crippen LogP contribution in [0.15, 0.2) is 23.3 Å². The highest BCUT2D eigenvalue weighted by Gasteiger charge is 2.64. The quantitative estimate of drug-likeness (QED) is 0.221. The summed E-state index contributed by atoms with van der Waals surface area (Å²) in [6, 6.07) is 0. The smallest absolute Gasteiger partial charge is 0.134 e. The molecular formula is C42H62O4S2. The van der Waals surface area contributed by atoms with Gasteiger partial charge in [0.1, 0.15) is 11.6 Å². The van der Waals surface area contributed by atoms with E-state index in [1.165, 1.54) is 24.0 Å². The Balaban J connectivity index is 1.02. The summed E-state index contributed by atoms with van der Waals surface area (Å²) in [6.45, 7) is 13.7. The maximum absolute atomic E-state index is 13.6. The van der Waals surface area contributed by atoms with E-state index in [0.29, 0.717) is 57.6 Å². The van der Waals surface area contributed by atoms with Gasteiger partial charge in [-0.15, -0.1) is 0 Å². The maximum Gasteiger partial charge on any atom is 0.134 e. The molecule has 0 bridgehead atoms. The predicted molar refractivity (Wildman–Crippen MR) is 197 cm³/mol. The molecule has 266 valence electrons. The fraction of sp³-hybridized carbons (Fsp3) is 0.857. The number of hydrogen-bond donors (Lipinski definition) is 2. The highest BCUT2D eigenvalue weighted by Crippen LogP contribution is 2.71. The lowest BCUT2D eigenvalue weighted by Crippen LogP contribution is -2.51. The fourth-order valence-electron chi connectivity index (χ4n) is 15.0. The normalized spacial score (nSPS) is 54.0. The molecule has 4 nitrogen and oxygen atoms in total. The second-order valence-corrected chi connectivity index (χ2v) is 22.1. The van der Waals surface area contributed by atoms with Crippen LogP contribution in [0.25, 0.3) is 0 Å². The highest BCUT2D eigenvalue weighted by molar-refractivity contribution is 8.77. The summed E-state index contributed by atoms with van der Waals surface area (Å²) in [6.07, 6.45) is 19.6. The number of Topliss-reactive ketones (excluding diaryl/α,β-unsaturated/α-hetero) is 2. The van der Waals surface area contributed by atoms with Crippen LogP contribution < -0.4 is 0 Å². The van der Waals surface area contributed by atoms with Crippen molar-refractivity contribution in [1.29, 1.82) is 0 Å². The third-order valence-corrected chi connectivity index (χ3v) is 20.7. The van der Waals surface area contributed by atoms with Crippen LogP contribution in [0.3, 0.4) is 0 Å². The average Bonchev–Trinajstić information content (AvgIpc) is 3.51. The second kappa shape index (κ2) is 12.0. The van der Waals surface area contributed by atoms with Gasteiger partial charge in [0, 0.05) is 22.3 Å². The van der Waals surface area contributed by atoms with Gasteiger partial charge in [-0.05, 0) is 161 Å². The van der Waals surface area contributed by atoms with Crippen LogP contribution in [0.1, 0.15) is 131 Å². The third kappa shape index (κ3) is 4.97. The lowest BCUT2D eigenvalue weighted by atomic mass is 9.47. The molecule has 16 atom stereocenters. The van der Waals surface area contributed by atoms with Crippen LogP contribution in [-0.4, -0.2) is 44.5 Å². The molecule has 0 unspecified atom stereocenters. The Morgan fingerprint density at radius 3 is 1.40 bits per heavy atom. The van der Waals surface area contributed by atoms with Crippen LogP contribution in [0.2, 0.25) is 0 Å². The van der Waals surface area contributed by atoms with Crippen molar-refractivity contribution >= 4 is 33.2 Å². The summed E-state index contributed by atoms with van der Waals surface area (Å²) < 4.78 is 0. The van der Waals surface area contributed by atoms with E-state index < -0.39 is 0 Å². The Bertz CT molecular complexity index is 1300. The van der Waals surface area contributed by atoms with Crippen molar-refractivity contribution in [2.75, 3.05) is 0 Å². The molecule has 0 spiro atoms. The largest absolute Gasteiger partial charge is 0.393 e. The standard InChI is InChI=1S/C42H62O4S2/c1-23(43)37-35(21-33-29-9-7-25-19-27(45)11-15-39(25,3)31(29)13-17-41(33,37)5)47-48-36-22-34-30-10-8-26-20-28(46)12-16-40(26,4)32(30)14-18-42(34,6)38(36)24(2)44/h7-8,27-38,45-46H,9-22H2,1-6H3/t27-,28+,29-,30-,31-,32+,33-,34-,35+,36-,37-,38-,39-,40+,41-,42+/m1/s1. The zero-order chi connectivity index (χ0) is 34.0. The minimum atomic E-state index is -0.177. The van der Waals surface area contributed by atoms with Crippen molar-refractivity contribution in [3.63, 3.8) is 0 Å². The number of ketones is 2. The molecule has 8 aliphatic rings. The summed E-state index contributed by atoms with van der Waals surface area (Å²) in [4.78, 5) is 27.2. The number of hydrogen-bond acceptors (Lipinski definition) is 6. The van der Waals surface area contributed by atoms with Crippen LogP contribution in [0.5, 0.6) is 0 Å². The summed E-state index contributed by atoms with van der Waals surface area (Å²) in [5, 5.41) is 21.6. The van der Waals surface area contributed by atoms with E-state index in [1.807, 2.05) is 35.4 Å². The minimum absolute atomic E-state index is 0.0547. The number of fused-ring (bicyclic) bond motifs is 10. The van der Waals surface area contributed by atoms with Gasteiger partial charge in [-0.3, -0.25) is 9.59 Å². The van der Waals surface area contributed by atoms with Crippen LogP contribution >= 0.6 is 21.6 Å². The molecule has 0 aliphatic heterocycles. The van der Waals surface area contributed by atoms with Crippen molar-refractivity contribution in [2.45, 2.75) is 154 Å². The molecule has 6 saturated carbocycles. The Hall–Kier alpha value is -0.560. The van der Waals surface area contributed by atoms with E-state index in [0.717, 1.165) is 77.0 Å². The van der Waals surface area contributed by atoms with Gasteiger partial charge in [0.25, 0.3) is 0 Å². The maximum atomic E-state index is 13.6. The first-order valence-electron chi connectivity index (χ1n) is 19.8. The molecule has 0 amide bonds. The average molecular weight is 695 g/mol. The first-order valence-corrected chi connectivity index (χ1v) is 22.1. The summed E-state index contributed by atoms with van der Waals surface area (Å²) in [7, 11) is 4.02. The Morgan fingerprint density at radius 1 is 0.625 bits per heavy atom. The molecule has 6 heteroatoms. The lowest BCUT2D eigenvalue weighted by molar-refractivity contribution is -0.128. The first kappa shape index (κ1) is 34.5.